The van der Waals surface area contributed by atoms with Crippen LogP contribution in [-0.4, -0.2) is 38.5 Å². The average Bonchev–Trinajstić information content (AvgIpc) is 2.77. The maximum Gasteiger partial charge on any atom is 0.356 e. The fraction of sp³-hybridized carbons (Fsp3) is 0.391. The van der Waals surface area contributed by atoms with Crippen LogP contribution < -0.4 is 15.8 Å². The highest BCUT2D eigenvalue weighted by molar-refractivity contribution is 6.29. The van der Waals surface area contributed by atoms with Crippen LogP contribution in [0.25, 0.3) is 5.65 Å². The molecule has 1 aliphatic rings. The van der Waals surface area contributed by atoms with Gasteiger partial charge in [-0.2, -0.15) is 0 Å². The molecule has 32 heavy (non-hydrogen) atoms. The maximum atomic E-state index is 13.2. The lowest BCUT2D eigenvalue weighted by atomic mass is 10.1. The van der Waals surface area contributed by atoms with Gasteiger partial charge in [-0.15, -0.1) is 0 Å². The molecule has 168 valence electrons. The van der Waals surface area contributed by atoms with Gasteiger partial charge in [0.25, 0.3) is 5.56 Å². The molecule has 1 fully saturated rings. The predicted octanol–water partition coefficient (Wildman–Crippen LogP) is 4.22. The van der Waals surface area contributed by atoms with Crippen LogP contribution in [0.5, 0.6) is 0 Å². The zero-order valence-corrected chi connectivity index (χ0v) is 19.1. The molecule has 3 aromatic rings. The van der Waals surface area contributed by atoms with Crippen LogP contribution >= 0.6 is 11.6 Å². The molecule has 1 aliphatic heterocycles. The number of hydrogen-bond acceptors (Lipinski definition) is 6. The molecule has 3 aromatic heterocycles. The van der Waals surface area contributed by atoms with Crippen molar-refractivity contribution in [2.75, 3.05) is 23.3 Å². The standard InChI is InChI=1S/C23H26ClN5O3/c1-13-11-16(15(3)25-17-7-8-18(24)26-19(17)23(31)32)21-27-20(28-9-5-4-6-10-28)14(2)22(30)29(21)12-13/h7-8,11-12,15,25H,4-6,9-10H2,1-3H3,(H,31,32)/t15-/m1/s1. The van der Waals surface area contributed by atoms with E-state index in [1.54, 1.807) is 16.7 Å². The fourth-order valence-corrected chi connectivity index (χ4v) is 4.39. The smallest absolute Gasteiger partial charge is 0.356 e. The lowest BCUT2D eigenvalue weighted by Crippen LogP contribution is -2.34. The quantitative estimate of drug-likeness (QED) is 0.555. The van der Waals surface area contributed by atoms with Crippen molar-refractivity contribution in [2.24, 2.45) is 0 Å². The van der Waals surface area contributed by atoms with Crippen molar-refractivity contribution in [1.82, 2.24) is 14.4 Å². The summed E-state index contributed by atoms with van der Waals surface area (Å²) < 4.78 is 1.59. The van der Waals surface area contributed by atoms with E-state index in [9.17, 15) is 14.7 Å². The number of rotatable bonds is 5. The summed E-state index contributed by atoms with van der Waals surface area (Å²) in [6.45, 7) is 7.42. The molecule has 8 nitrogen and oxygen atoms in total. The van der Waals surface area contributed by atoms with Crippen LogP contribution in [0, 0.1) is 13.8 Å². The third-order valence-corrected chi connectivity index (χ3v) is 6.06. The van der Waals surface area contributed by atoms with Crippen LogP contribution in [0.1, 0.15) is 59.4 Å². The minimum atomic E-state index is -1.17. The average molecular weight is 456 g/mol. The number of piperidine rings is 1. The number of hydrogen-bond donors (Lipinski definition) is 2. The summed E-state index contributed by atoms with van der Waals surface area (Å²) in [5.41, 5.74) is 3.00. The highest BCUT2D eigenvalue weighted by Gasteiger charge is 2.22. The molecule has 0 aliphatic carbocycles. The fourth-order valence-electron chi connectivity index (χ4n) is 4.24. The monoisotopic (exact) mass is 455 g/mol. The van der Waals surface area contributed by atoms with Crippen molar-refractivity contribution in [2.45, 2.75) is 46.1 Å². The number of carbonyl (C=O) groups is 1. The number of halogens is 1. The molecule has 4 rings (SSSR count). The van der Waals surface area contributed by atoms with Gasteiger partial charge in [-0.1, -0.05) is 11.6 Å². The number of aryl methyl sites for hydroxylation is 1. The van der Waals surface area contributed by atoms with Crippen molar-refractivity contribution in [3.8, 4) is 0 Å². The van der Waals surface area contributed by atoms with Crippen molar-refractivity contribution in [1.29, 1.82) is 0 Å². The molecule has 4 heterocycles. The molecule has 9 heteroatoms. The minimum absolute atomic E-state index is 0.0906. The Hall–Kier alpha value is -3.13. The maximum absolute atomic E-state index is 13.2. The van der Waals surface area contributed by atoms with Gasteiger partial charge >= 0.3 is 5.97 Å². The Kier molecular flexibility index (Phi) is 6.06. The molecule has 0 aromatic carbocycles. The number of nitrogens with zero attached hydrogens (tertiary/aromatic N) is 4. The third kappa shape index (κ3) is 4.14. The number of anilines is 2. The number of fused-ring (bicyclic) bond motifs is 1. The molecule has 2 N–H and O–H groups in total. The number of pyridine rings is 2. The normalized spacial score (nSPS) is 15.1. The van der Waals surface area contributed by atoms with E-state index in [2.05, 4.69) is 15.2 Å². The summed E-state index contributed by atoms with van der Waals surface area (Å²) in [6, 6.07) is 4.77. The number of carboxylic acids is 1. The highest BCUT2D eigenvalue weighted by atomic mass is 35.5. The van der Waals surface area contributed by atoms with Gasteiger partial charge in [-0.25, -0.2) is 14.8 Å². The van der Waals surface area contributed by atoms with Gasteiger partial charge in [-0.05, 0) is 63.8 Å². The first-order valence-corrected chi connectivity index (χ1v) is 11.1. The number of aromatic carboxylic acids is 1. The van der Waals surface area contributed by atoms with Crippen molar-refractivity contribution >= 4 is 34.7 Å². The molecular formula is C23H26ClN5O3. The Balaban J connectivity index is 1.82. The van der Waals surface area contributed by atoms with E-state index in [1.807, 2.05) is 26.8 Å². The SMILES string of the molecule is Cc1cc([C@@H](C)Nc2ccc(Cl)nc2C(=O)O)c2nc(N3CCCCC3)c(C)c(=O)n2c1. The first-order chi connectivity index (χ1) is 15.3. The molecule has 0 saturated carbocycles. The van der Waals surface area contributed by atoms with Crippen LogP contribution in [0.4, 0.5) is 11.5 Å². The molecule has 1 saturated heterocycles. The van der Waals surface area contributed by atoms with E-state index in [1.165, 1.54) is 12.5 Å². The summed E-state index contributed by atoms with van der Waals surface area (Å²) in [7, 11) is 0. The Morgan fingerprint density at radius 2 is 1.91 bits per heavy atom. The van der Waals surface area contributed by atoms with Gasteiger partial charge in [0.1, 0.15) is 16.6 Å². The van der Waals surface area contributed by atoms with Crippen molar-refractivity contribution in [3.63, 3.8) is 0 Å². The lowest BCUT2D eigenvalue weighted by molar-refractivity contribution is 0.0691. The number of carboxylic acid groups (broad SMARTS) is 1. The molecule has 0 spiro atoms. The second kappa shape index (κ2) is 8.78. The first kappa shape index (κ1) is 22.1. The molecule has 0 unspecified atom stereocenters. The summed E-state index contributed by atoms with van der Waals surface area (Å²) in [5.74, 6) is -0.444. The van der Waals surface area contributed by atoms with Gasteiger partial charge in [0.05, 0.1) is 17.3 Å². The van der Waals surface area contributed by atoms with Gasteiger partial charge in [0.2, 0.25) is 0 Å². The molecule has 0 bridgehead atoms. The van der Waals surface area contributed by atoms with Crippen LogP contribution in [-0.2, 0) is 0 Å². The Labute approximate surface area is 190 Å². The van der Waals surface area contributed by atoms with E-state index in [4.69, 9.17) is 16.6 Å². The second-order valence-electron chi connectivity index (χ2n) is 8.28. The molecular weight excluding hydrogens is 430 g/mol. The van der Waals surface area contributed by atoms with E-state index < -0.39 is 5.97 Å². The summed E-state index contributed by atoms with van der Waals surface area (Å²) in [6.07, 6.45) is 5.15. The van der Waals surface area contributed by atoms with E-state index >= 15 is 0 Å². The zero-order valence-electron chi connectivity index (χ0n) is 18.4. The summed E-state index contributed by atoms with van der Waals surface area (Å²) in [4.78, 5) is 35.9. The molecule has 1 atom stereocenters. The largest absolute Gasteiger partial charge is 0.476 e. The predicted molar refractivity (Wildman–Crippen MR) is 125 cm³/mol. The topological polar surface area (TPSA) is 99.8 Å². The van der Waals surface area contributed by atoms with E-state index in [0.717, 1.165) is 42.9 Å². The van der Waals surface area contributed by atoms with E-state index in [-0.39, 0.29) is 22.4 Å². The lowest BCUT2D eigenvalue weighted by Gasteiger charge is -2.29. The number of aromatic nitrogens is 3. The second-order valence-corrected chi connectivity index (χ2v) is 8.67. The zero-order chi connectivity index (χ0) is 23.0. The van der Waals surface area contributed by atoms with Gasteiger partial charge < -0.3 is 15.3 Å². The highest BCUT2D eigenvalue weighted by Crippen LogP contribution is 2.28. The van der Waals surface area contributed by atoms with Crippen LogP contribution in [0.15, 0.2) is 29.2 Å². The van der Waals surface area contributed by atoms with Gasteiger partial charge in [0.15, 0.2) is 5.69 Å². The third-order valence-electron chi connectivity index (χ3n) is 5.85. The Morgan fingerprint density at radius 1 is 1.19 bits per heavy atom. The van der Waals surface area contributed by atoms with Crippen molar-refractivity contribution < 1.29 is 9.90 Å². The van der Waals surface area contributed by atoms with Gasteiger partial charge in [0, 0.05) is 24.8 Å². The first-order valence-electron chi connectivity index (χ1n) is 10.7. The Morgan fingerprint density at radius 3 is 2.59 bits per heavy atom. The van der Waals surface area contributed by atoms with Crippen molar-refractivity contribution in [3.05, 3.63) is 62.3 Å². The summed E-state index contributed by atoms with van der Waals surface area (Å²) >= 11 is 5.88. The number of nitrogens with one attached hydrogen (secondary N) is 1. The van der Waals surface area contributed by atoms with Gasteiger partial charge in [-0.3, -0.25) is 9.20 Å². The van der Waals surface area contributed by atoms with Crippen LogP contribution in [0.2, 0.25) is 5.15 Å². The molecule has 0 radical (unpaired) electrons. The Bertz CT molecular complexity index is 1250. The summed E-state index contributed by atoms with van der Waals surface area (Å²) in [5, 5.41) is 12.8. The van der Waals surface area contributed by atoms with E-state index in [0.29, 0.717) is 16.9 Å². The molecule has 0 amide bonds. The van der Waals surface area contributed by atoms with Crippen LogP contribution in [0.3, 0.4) is 0 Å². The minimum Gasteiger partial charge on any atom is -0.476 e.